The van der Waals surface area contributed by atoms with Crippen LogP contribution in [-0.4, -0.2) is 31.8 Å². The Labute approximate surface area is 101 Å². The summed E-state index contributed by atoms with van der Waals surface area (Å²) in [5, 5.41) is 2.82. The SMILES string of the molecule is COC(C)C(=O)NCC1Cc2ccccc2O1. The molecule has 1 aromatic rings. The molecule has 4 heteroatoms. The van der Waals surface area contributed by atoms with Crippen molar-refractivity contribution in [3.8, 4) is 5.75 Å². The molecule has 0 saturated carbocycles. The van der Waals surface area contributed by atoms with Crippen molar-refractivity contribution in [3.05, 3.63) is 29.8 Å². The van der Waals surface area contributed by atoms with E-state index in [0.717, 1.165) is 12.2 Å². The van der Waals surface area contributed by atoms with Crippen molar-refractivity contribution in [1.29, 1.82) is 0 Å². The predicted octanol–water partition coefficient (Wildman–Crippen LogP) is 1.14. The van der Waals surface area contributed by atoms with Crippen LogP contribution in [0.15, 0.2) is 24.3 Å². The fourth-order valence-electron chi connectivity index (χ4n) is 1.83. The summed E-state index contributed by atoms with van der Waals surface area (Å²) in [5.74, 6) is 0.818. The summed E-state index contributed by atoms with van der Waals surface area (Å²) in [6, 6.07) is 7.95. The van der Waals surface area contributed by atoms with Crippen molar-refractivity contribution in [3.63, 3.8) is 0 Å². The van der Waals surface area contributed by atoms with Crippen molar-refractivity contribution >= 4 is 5.91 Å². The summed E-state index contributed by atoms with van der Waals surface area (Å²) >= 11 is 0. The summed E-state index contributed by atoms with van der Waals surface area (Å²) in [5.41, 5.74) is 1.20. The molecule has 0 aliphatic carbocycles. The minimum atomic E-state index is -0.418. The number of hydrogen-bond acceptors (Lipinski definition) is 3. The summed E-state index contributed by atoms with van der Waals surface area (Å²) in [4.78, 5) is 11.5. The number of benzene rings is 1. The first kappa shape index (κ1) is 11.9. The van der Waals surface area contributed by atoms with Gasteiger partial charge in [-0.15, -0.1) is 0 Å². The van der Waals surface area contributed by atoms with E-state index in [1.165, 1.54) is 12.7 Å². The summed E-state index contributed by atoms with van der Waals surface area (Å²) in [7, 11) is 1.52. The Kier molecular flexibility index (Phi) is 3.64. The second kappa shape index (κ2) is 5.19. The van der Waals surface area contributed by atoms with Gasteiger partial charge in [-0.3, -0.25) is 4.79 Å². The fraction of sp³-hybridized carbons (Fsp3) is 0.462. The molecule has 0 spiro atoms. The minimum absolute atomic E-state index is 0.0282. The molecule has 0 radical (unpaired) electrons. The largest absolute Gasteiger partial charge is 0.488 e. The van der Waals surface area contributed by atoms with Gasteiger partial charge in [-0.1, -0.05) is 18.2 Å². The number of amides is 1. The van der Waals surface area contributed by atoms with E-state index in [2.05, 4.69) is 11.4 Å². The highest BCUT2D eigenvalue weighted by Crippen LogP contribution is 2.27. The monoisotopic (exact) mass is 235 g/mol. The maximum absolute atomic E-state index is 11.5. The summed E-state index contributed by atoms with van der Waals surface area (Å²) in [6.45, 7) is 2.24. The maximum atomic E-state index is 11.5. The smallest absolute Gasteiger partial charge is 0.248 e. The molecule has 1 amide bonds. The fourth-order valence-corrected chi connectivity index (χ4v) is 1.83. The van der Waals surface area contributed by atoms with Crippen molar-refractivity contribution in [2.45, 2.75) is 25.6 Å². The molecule has 0 saturated heterocycles. The standard InChI is InChI=1S/C13H17NO3/c1-9(16-2)13(15)14-8-11-7-10-5-3-4-6-12(10)17-11/h3-6,9,11H,7-8H2,1-2H3,(H,14,15). The Balaban J connectivity index is 1.82. The molecule has 0 bridgehead atoms. The number of ether oxygens (including phenoxy) is 2. The lowest BCUT2D eigenvalue weighted by Gasteiger charge is -2.14. The second-order valence-corrected chi connectivity index (χ2v) is 4.17. The number of methoxy groups -OCH3 is 1. The van der Waals surface area contributed by atoms with Gasteiger partial charge in [0, 0.05) is 13.5 Å². The van der Waals surface area contributed by atoms with Gasteiger partial charge in [0.1, 0.15) is 18.0 Å². The van der Waals surface area contributed by atoms with E-state index in [-0.39, 0.29) is 12.0 Å². The van der Waals surface area contributed by atoms with Gasteiger partial charge < -0.3 is 14.8 Å². The van der Waals surface area contributed by atoms with E-state index in [9.17, 15) is 4.79 Å². The van der Waals surface area contributed by atoms with Crippen LogP contribution in [0.2, 0.25) is 0 Å². The molecule has 1 aliphatic heterocycles. The molecule has 2 unspecified atom stereocenters. The van der Waals surface area contributed by atoms with Gasteiger partial charge >= 0.3 is 0 Å². The van der Waals surface area contributed by atoms with Gasteiger partial charge in [-0.25, -0.2) is 0 Å². The quantitative estimate of drug-likeness (QED) is 0.851. The van der Waals surface area contributed by atoms with E-state index in [0.29, 0.717) is 6.54 Å². The first-order valence-corrected chi connectivity index (χ1v) is 5.75. The lowest BCUT2D eigenvalue weighted by Crippen LogP contribution is -2.39. The number of carbonyl (C=O) groups is 1. The Morgan fingerprint density at radius 2 is 2.35 bits per heavy atom. The summed E-state index contributed by atoms with van der Waals surface area (Å²) < 4.78 is 10.7. The number of hydrogen-bond donors (Lipinski definition) is 1. The Bertz CT molecular complexity index is 380. The molecule has 4 nitrogen and oxygen atoms in total. The maximum Gasteiger partial charge on any atom is 0.248 e. The molecular formula is C13H17NO3. The Hall–Kier alpha value is -1.55. The zero-order valence-corrected chi connectivity index (χ0v) is 10.1. The van der Waals surface area contributed by atoms with Gasteiger partial charge in [0.05, 0.1) is 6.54 Å². The third-order valence-corrected chi connectivity index (χ3v) is 2.94. The van der Waals surface area contributed by atoms with Gasteiger partial charge in [-0.2, -0.15) is 0 Å². The van der Waals surface area contributed by atoms with Crippen LogP contribution in [0.5, 0.6) is 5.75 Å². The van der Waals surface area contributed by atoms with Crippen molar-refractivity contribution in [2.24, 2.45) is 0 Å². The number of nitrogens with one attached hydrogen (secondary N) is 1. The molecule has 2 atom stereocenters. The molecule has 1 aromatic carbocycles. The number of rotatable bonds is 4. The molecule has 1 heterocycles. The minimum Gasteiger partial charge on any atom is -0.488 e. The molecule has 0 fully saturated rings. The average molecular weight is 235 g/mol. The van der Waals surface area contributed by atoms with E-state index >= 15 is 0 Å². The topological polar surface area (TPSA) is 47.6 Å². The van der Waals surface area contributed by atoms with Crippen LogP contribution in [0.3, 0.4) is 0 Å². The van der Waals surface area contributed by atoms with E-state index in [4.69, 9.17) is 9.47 Å². The number of para-hydroxylation sites is 1. The number of carbonyl (C=O) groups excluding carboxylic acids is 1. The van der Waals surface area contributed by atoms with Gasteiger partial charge in [0.2, 0.25) is 5.91 Å². The molecular weight excluding hydrogens is 218 g/mol. The molecule has 1 N–H and O–H groups in total. The predicted molar refractivity (Wildman–Crippen MR) is 64.0 cm³/mol. The van der Waals surface area contributed by atoms with Crippen LogP contribution < -0.4 is 10.1 Å². The molecule has 0 aromatic heterocycles. The Morgan fingerprint density at radius 1 is 1.59 bits per heavy atom. The van der Waals surface area contributed by atoms with Crippen LogP contribution in [0, 0.1) is 0 Å². The van der Waals surface area contributed by atoms with Crippen molar-refractivity contribution < 1.29 is 14.3 Å². The lowest BCUT2D eigenvalue weighted by atomic mass is 10.1. The third-order valence-electron chi connectivity index (χ3n) is 2.94. The van der Waals surface area contributed by atoms with Crippen LogP contribution in [0.25, 0.3) is 0 Å². The van der Waals surface area contributed by atoms with Crippen molar-refractivity contribution in [1.82, 2.24) is 5.32 Å². The van der Waals surface area contributed by atoms with Crippen LogP contribution in [0.4, 0.5) is 0 Å². The molecule has 2 rings (SSSR count). The molecule has 17 heavy (non-hydrogen) atoms. The lowest BCUT2D eigenvalue weighted by molar-refractivity contribution is -0.130. The van der Waals surface area contributed by atoms with Gasteiger partial charge in [-0.05, 0) is 18.6 Å². The second-order valence-electron chi connectivity index (χ2n) is 4.17. The zero-order valence-electron chi connectivity index (χ0n) is 10.1. The number of fused-ring (bicyclic) bond motifs is 1. The highest BCUT2D eigenvalue weighted by atomic mass is 16.5. The van der Waals surface area contributed by atoms with E-state index in [1.807, 2.05) is 18.2 Å². The Morgan fingerprint density at radius 3 is 3.06 bits per heavy atom. The average Bonchev–Trinajstić information content (AvgIpc) is 2.77. The third kappa shape index (κ3) is 2.77. The van der Waals surface area contributed by atoms with E-state index in [1.54, 1.807) is 6.92 Å². The van der Waals surface area contributed by atoms with Gasteiger partial charge in [0.15, 0.2) is 0 Å². The summed E-state index contributed by atoms with van der Waals surface area (Å²) in [6.07, 6.45) is 0.455. The first-order valence-electron chi connectivity index (χ1n) is 5.75. The molecule has 92 valence electrons. The van der Waals surface area contributed by atoms with Crippen molar-refractivity contribution in [2.75, 3.05) is 13.7 Å². The van der Waals surface area contributed by atoms with Crippen LogP contribution in [-0.2, 0) is 16.0 Å². The molecule has 1 aliphatic rings. The zero-order chi connectivity index (χ0) is 12.3. The highest BCUT2D eigenvalue weighted by Gasteiger charge is 2.23. The highest BCUT2D eigenvalue weighted by molar-refractivity contribution is 5.80. The van der Waals surface area contributed by atoms with Gasteiger partial charge in [0.25, 0.3) is 0 Å². The normalized spacial score (nSPS) is 19.3. The first-order chi connectivity index (χ1) is 8.20. The van der Waals surface area contributed by atoms with E-state index < -0.39 is 6.10 Å². The van der Waals surface area contributed by atoms with Crippen LogP contribution >= 0.6 is 0 Å². The van der Waals surface area contributed by atoms with Crippen LogP contribution in [0.1, 0.15) is 12.5 Å².